The molecule has 1 unspecified atom stereocenters. The number of aryl methyl sites for hydroxylation is 1. The second-order valence-electron chi connectivity index (χ2n) is 7.03. The van der Waals surface area contributed by atoms with Crippen LogP contribution in [0.25, 0.3) is 0 Å². The summed E-state index contributed by atoms with van der Waals surface area (Å²) >= 11 is 0. The van der Waals surface area contributed by atoms with E-state index in [1.165, 1.54) is 17.5 Å². The summed E-state index contributed by atoms with van der Waals surface area (Å²) in [4.78, 5) is 23.1. The molecule has 2 aliphatic rings. The summed E-state index contributed by atoms with van der Waals surface area (Å²) in [5.41, 5.74) is 2.77. The van der Waals surface area contributed by atoms with Gasteiger partial charge in [-0.15, -0.1) is 0 Å². The number of nitrogens with one attached hydrogen (secondary N) is 2. The molecule has 0 spiro atoms. The Morgan fingerprint density at radius 2 is 1.83 bits per heavy atom. The van der Waals surface area contributed by atoms with E-state index in [2.05, 4.69) is 34.9 Å². The molecule has 1 atom stereocenters. The van der Waals surface area contributed by atoms with Crippen molar-refractivity contribution in [1.82, 2.24) is 10.6 Å². The number of rotatable bonds is 4. The Morgan fingerprint density at radius 3 is 2.58 bits per heavy atom. The van der Waals surface area contributed by atoms with Gasteiger partial charge in [-0.1, -0.05) is 24.3 Å². The van der Waals surface area contributed by atoms with Crippen molar-refractivity contribution in [2.45, 2.75) is 56.9 Å². The Hall–Kier alpha value is -2.04. The zero-order chi connectivity index (χ0) is 16.9. The molecule has 3 N–H and O–H groups in total. The third-order valence-corrected chi connectivity index (χ3v) is 5.41. The monoisotopic (exact) mass is 330 g/mol. The Bertz CT molecular complexity index is 594. The standard InChI is InChI=1S/C19H26N2O3/c22-18(23)14-8-10-16(11-9-14)21-19(24)20-12-15-6-3-5-13-4-1-2-7-17(13)15/h1-2,4,7,14-16H,3,5-6,8-12H2,(H,22,23)(H2,20,21,24). The number of carboxylic acids is 1. The third-order valence-electron chi connectivity index (χ3n) is 5.41. The van der Waals surface area contributed by atoms with Gasteiger partial charge in [0.15, 0.2) is 0 Å². The van der Waals surface area contributed by atoms with Crippen LogP contribution < -0.4 is 10.6 Å². The Morgan fingerprint density at radius 1 is 1.08 bits per heavy atom. The summed E-state index contributed by atoms with van der Waals surface area (Å²) in [7, 11) is 0. The van der Waals surface area contributed by atoms with Crippen LogP contribution in [0.2, 0.25) is 0 Å². The first-order chi connectivity index (χ1) is 11.6. The van der Waals surface area contributed by atoms with Gasteiger partial charge in [0, 0.05) is 18.5 Å². The maximum absolute atomic E-state index is 12.1. The van der Waals surface area contributed by atoms with Gasteiger partial charge < -0.3 is 15.7 Å². The predicted molar refractivity (Wildman–Crippen MR) is 92.0 cm³/mol. The summed E-state index contributed by atoms with van der Waals surface area (Å²) in [6.45, 7) is 0.660. The van der Waals surface area contributed by atoms with Crippen molar-refractivity contribution in [1.29, 1.82) is 0 Å². The number of benzene rings is 1. The molecule has 2 aliphatic carbocycles. The summed E-state index contributed by atoms with van der Waals surface area (Å²) in [5.74, 6) is -0.567. The molecule has 1 fully saturated rings. The van der Waals surface area contributed by atoms with Crippen LogP contribution in [0.5, 0.6) is 0 Å². The largest absolute Gasteiger partial charge is 0.481 e. The van der Waals surface area contributed by atoms with Gasteiger partial charge in [-0.25, -0.2) is 4.79 Å². The molecule has 0 radical (unpaired) electrons. The zero-order valence-electron chi connectivity index (χ0n) is 14.0. The van der Waals surface area contributed by atoms with Crippen LogP contribution in [0.1, 0.15) is 55.6 Å². The molecule has 1 aromatic carbocycles. The van der Waals surface area contributed by atoms with E-state index < -0.39 is 5.97 Å². The lowest BCUT2D eigenvalue weighted by atomic mass is 9.83. The summed E-state index contributed by atoms with van der Waals surface area (Å²) < 4.78 is 0. The van der Waals surface area contributed by atoms with E-state index in [0.717, 1.165) is 25.7 Å². The smallest absolute Gasteiger partial charge is 0.315 e. The Labute approximate surface area is 142 Å². The fourth-order valence-corrected chi connectivity index (χ4v) is 4.00. The number of carbonyl (C=O) groups is 2. The Kier molecular flexibility index (Phi) is 5.38. The predicted octanol–water partition coefficient (Wildman–Crippen LogP) is 3.05. The maximum atomic E-state index is 12.1. The van der Waals surface area contributed by atoms with Crippen molar-refractivity contribution in [3.05, 3.63) is 35.4 Å². The number of amides is 2. The van der Waals surface area contributed by atoms with Gasteiger partial charge in [-0.3, -0.25) is 4.79 Å². The number of carboxylic acid groups (broad SMARTS) is 1. The summed E-state index contributed by atoms with van der Waals surface area (Å²) in [6, 6.07) is 8.47. The van der Waals surface area contributed by atoms with Crippen molar-refractivity contribution in [2.24, 2.45) is 5.92 Å². The minimum absolute atomic E-state index is 0.0965. The topological polar surface area (TPSA) is 78.4 Å². The molecule has 0 bridgehead atoms. The lowest BCUT2D eigenvalue weighted by molar-refractivity contribution is -0.142. The average molecular weight is 330 g/mol. The van der Waals surface area contributed by atoms with Crippen LogP contribution in [0.3, 0.4) is 0 Å². The van der Waals surface area contributed by atoms with E-state index >= 15 is 0 Å². The van der Waals surface area contributed by atoms with Gasteiger partial charge in [0.2, 0.25) is 0 Å². The first kappa shape index (κ1) is 16.8. The SMILES string of the molecule is O=C(NCC1CCCc2ccccc21)NC1CCC(C(=O)O)CC1. The highest BCUT2D eigenvalue weighted by atomic mass is 16.4. The number of hydrogen-bond acceptors (Lipinski definition) is 2. The summed E-state index contributed by atoms with van der Waals surface area (Å²) in [6.07, 6.45) is 6.21. The van der Waals surface area contributed by atoms with Crippen LogP contribution in [0, 0.1) is 5.92 Å². The van der Waals surface area contributed by atoms with Crippen LogP contribution in [0.15, 0.2) is 24.3 Å². The molecule has 0 aliphatic heterocycles. The molecule has 0 aromatic heterocycles. The van der Waals surface area contributed by atoms with Crippen LogP contribution in [0.4, 0.5) is 4.79 Å². The highest BCUT2D eigenvalue weighted by molar-refractivity contribution is 5.74. The van der Waals surface area contributed by atoms with Crippen molar-refractivity contribution >= 4 is 12.0 Å². The number of hydrogen-bond donors (Lipinski definition) is 3. The van der Waals surface area contributed by atoms with Crippen LogP contribution in [-0.4, -0.2) is 29.7 Å². The summed E-state index contributed by atoms with van der Waals surface area (Å²) in [5, 5.41) is 15.0. The fourth-order valence-electron chi connectivity index (χ4n) is 4.00. The van der Waals surface area contributed by atoms with E-state index in [0.29, 0.717) is 25.3 Å². The molecule has 3 rings (SSSR count). The normalized spacial score (nSPS) is 26.2. The van der Waals surface area contributed by atoms with E-state index in [-0.39, 0.29) is 18.0 Å². The number of urea groups is 1. The molecule has 2 amide bonds. The second kappa shape index (κ2) is 7.69. The molecule has 1 saturated carbocycles. The number of fused-ring (bicyclic) bond motifs is 1. The van der Waals surface area contributed by atoms with E-state index in [9.17, 15) is 9.59 Å². The number of carbonyl (C=O) groups excluding carboxylic acids is 1. The van der Waals surface area contributed by atoms with Crippen molar-refractivity contribution in [3.63, 3.8) is 0 Å². The van der Waals surface area contributed by atoms with Gasteiger partial charge >= 0.3 is 12.0 Å². The molecule has 0 saturated heterocycles. The van der Waals surface area contributed by atoms with Gasteiger partial charge in [-0.05, 0) is 56.1 Å². The molecular weight excluding hydrogens is 304 g/mol. The van der Waals surface area contributed by atoms with E-state index in [4.69, 9.17) is 5.11 Å². The van der Waals surface area contributed by atoms with E-state index in [1.54, 1.807) is 0 Å². The first-order valence-corrected chi connectivity index (χ1v) is 8.98. The molecule has 24 heavy (non-hydrogen) atoms. The zero-order valence-corrected chi connectivity index (χ0v) is 14.0. The first-order valence-electron chi connectivity index (χ1n) is 8.98. The maximum Gasteiger partial charge on any atom is 0.315 e. The second-order valence-corrected chi connectivity index (χ2v) is 7.03. The average Bonchev–Trinajstić information content (AvgIpc) is 2.60. The van der Waals surface area contributed by atoms with Gasteiger partial charge in [0.25, 0.3) is 0 Å². The Balaban J connectivity index is 1.45. The third kappa shape index (κ3) is 4.08. The molecular formula is C19H26N2O3. The van der Waals surface area contributed by atoms with Gasteiger partial charge in [-0.2, -0.15) is 0 Å². The van der Waals surface area contributed by atoms with Gasteiger partial charge in [0.1, 0.15) is 0 Å². The van der Waals surface area contributed by atoms with Crippen LogP contribution >= 0.6 is 0 Å². The van der Waals surface area contributed by atoms with Crippen molar-refractivity contribution in [2.75, 3.05) is 6.54 Å². The minimum atomic E-state index is -0.714. The molecule has 5 heteroatoms. The highest BCUT2D eigenvalue weighted by Gasteiger charge is 2.27. The highest BCUT2D eigenvalue weighted by Crippen LogP contribution is 2.30. The van der Waals surface area contributed by atoms with Crippen molar-refractivity contribution in [3.8, 4) is 0 Å². The van der Waals surface area contributed by atoms with Crippen LogP contribution in [-0.2, 0) is 11.2 Å². The lowest BCUT2D eigenvalue weighted by Gasteiger charge is -2.28. The van der Waals surface area contributed by atoms with Crippen molar-refractivity contribution < 1.29 is 14.7 Å². The molecule has 130 valence electrons. The quantitative estimate of drug-likeness (QED) is 0.794. The fraction of sp³-hybridized carbons (Fsp3) is 0.579. The molecule has 0 heterocycles. The minimum Gasteiger partial charge on any atom is -0.481 e. The van der Waals surface area contributed by atoms with Gasteiger partial charge in [0.05, 0.1) is 5.92 Å². The van der Waals surface area contributed by atoms with E-state index in [1.807, 2.05) is 0 Å². The molecule has 1 aromatic rings. The molecule has 5 nitrogen and oxygen atoms in total. The number of aliphatic carboxylic acids is 1. The lowest BCUT2D eigenvalue weighted by Crippen LogP contribution is -2.45.